The molecule has 27 heavy (non-hydrogen) atoms. The van der Waals surface area contributed by atoms with Crippen molar-refractivity contribution in [2.45, 2.75) is 46.6 Å². The molecular weight excluding hydrogens is 338 g/mol. The van der Waals surface area contributed by atoms with E-state index in [2.05, 4.69) is 44.4 Å². The minimum Gasteiger partial charge on any atom is -0.353 e. The molecule has 0 bridgehead atoms. The normalized spacial score (nSPS) is 24.1. The van der Waals surface area contributed by atoms with Gasteiger partial charge in [-0.05, 0) is 50.2 Å². The lowest BCUT2D eigenvalue weighted by Crippen LogP contribution is -2.48. The lowest BCUT2D eigenvalue weighted by molar-refractivity contribution is -0.124. The summed E-state index contributed by atoms with van der Waals surface area (Å²) in [4.78, 5) is 26.9. The van der Waals surface area contributed by atoms with Crippen LogP contribution >= 0.6 is 0 Å². The predicted molar refractivity (Wildman–Crippen MR) is 108 cm³/mol. The summed E-state index contributed by atoms with van der Waals surface area (Å²) < 4.78 is 0. The molecule has 0 radical (unpaired) electrons. The van der Waals surface area contributed by atoms with Crippen molar-refractivity contribution in [3.63, 3.8) is 0 Å². The number of urea groups is 1. The minimum atomic E-state index is -0.0714. The van der Waals surface area contributed by atoms with Crippen molar-refractivity contribution in [2.75, 3.05) is 18.4 Å². The Kier molecular flexibility index (Phi) is 5.59. The smallest absolute Gasteiger partial charge is 0.321 e. The van der Waals surface area contributed by atoms with Gasteiger partial charge in [0.25, 0.3) is 0 Å². The number of nitrogens with one attached hydrogen (secondary N) is 2. The highest BCUT2D eigenvalue weighted by Crippen LogP contribution is 2.59. The van der Waals surface area contributed by atoms with E-state index in [1.807, 2.05) is 35.2 Å². The molecule has 0 spiro atoms. The molecule has 5 nitrogen and oxygen atoms in total. The van der Waals surface area contributed by atoms with E-state index in [0.717, 1.165) is 18.5 Å². The monoisotopic (exact) mass is 369 g/mol. The molecule has 0 unspecified atom stereocenters. The first-order valence-corrected chi connectivity index (χ1v) is 9.85. The molecule has 1 aromatic rings. The van der Waals surface area contributed by atoms with Crippen LogP contribution in [0, 0.1) is 17.3 Å². The van der Waals surface area contributed by atoms with Crippen molar-refractivity contribution < 1.29 is 9.59 Å². The molecule has 1 aliphatic heterocycles. The zero-order valence-electron chi connectivity index (χ0n) is 16.8. The van der Waals surface area contributed by atoms with E-state index in [9.17, 15) is 9.59 Å². The molecule has 1 saturated carbocycles. The Morgan fingerprint density at radius 3 is 2.33 bits per heavy atom. The Morgan fingerprint density at radius 2 is 1.74 bits per heavy atom. The topological polar surface area (TPSA) is 61.4 Å². The van der Waals surface area contributed by atoms with Crippen LogP contribution in [0.15, 0.2) is 42.0 Å². The second kappa shape index (κ2) is 7.75. The van der Waals surface area contributed by atoms with Gasteiger partial charge in [-0.2, -0.15) is 0 Å². The molecule has 146 valence electrons. The zero-order chi connectivity index (χ0) is 19.6. The van der Waals surface area contributed by atoms with Crippen LogP contribution in [-0.2, 0) is 4.79 Å². The first-order chi connectivity index (χ1) is 12.8. The molecule has 0 aromatic heterocycles. The van der Waals surface area contributed by atoms with E-state index in [0.29, 0.717) is 19.0 Å². The average molecular weight is 370 g/mol. The van der Waals surface area contributed by atoms with Gasteiger partial charge in [-0.25, -0.2) is 4.79 Å². The van der Waals surface area contributed by atoms with Crippen LogP contribution in [0.4, 0.5) is 10.5 Å². The fourth-order valence-electron chi connectivity index (χ4n) is 4.09. The maximum Gasteiger partial charge on any atom is 0.321 e. The van der Waals surface area contributed by atoms with E-state index in [-0.39, 0.29) is 29.3 Å². The molecule has 3 amide bonds. The Labute approximate surface area is 162 Å². The standard InChI is InChI=1S/C22H31N3O2/c1-15(2)14-18-19(22(18,3)4)20(26)23-17-10-12-25(13-11-17)21(27)24-16-8-6-5-7-9-16/h5-9,14,17-19H,10-13H2,1-4H3,(H,23,26)(H,24,27)/t18-,19-/m1/s1. The summed E-state index contributed by atoms with van der Waals surface area (Å²) in [6.07, 6.45) is 3.82. The Bertz CT molecular complexity index is 714. The minimum absolute atomic E-state index is 0.0393. The quantitative estimate of drug-likeness (QED) is 0.787. The number of amides is 3. The SMILES string of the molecule is CC(C)=C[C@@H]1[C@H](C(=O)NC2CCN(C(=O)Nc3ccccc3)CC2)C1(C)C. The van der Waals surface area contributed by atoms with Crippen LogP contribution in [0.2, 0.25) is 0 Å². The molecule has 1 saturated heterocycles. The number of likely N-dealkylation sites (tertiary alicyclic amines) is 1. The molecule has 5 heteroatoms. The maximum absolute atomic E-state index is 12.7. The fraction of sp³-hybridized carbons (Fsp3) is 0.545. The number of hydrogen-bond acceptors (Lipinski definition) is 2. The first-order valence-electron chi connectivity index (χ1n) is 9.85. The summed E-state index contributed by atoms with van der Waals surface area (Å²) >= 11 is 0. The van der Waals surface area contributed by atoms with Gasteiger partial charge in [0, 0.05) is 24.8 Å². The second-order valence-corrected chi connectivity index (χ2v) is 8.63. The Morgan fingerprint density at radius 1 is 1.11 bits per heavy atom. The molecular formula is C22H31N3O2. The predicted octanol–water partition coefficient (Wildman–Crippen LogP) is 4.04. The molecule has 1 heterocycles. The number of para-hydroxylation sites is 1. The van der Waals surface area contributed by atoms with Gasteiger partial charge in [0.05, 0.1) is 5.92 Å². The van der Waals surface area contributed by atoms with E-state index >= 15 is 0 Å². The highest BCUT2D eigenvalue weighted by molar-refractivity contribution is 5.89. The number of rotatable bonds is 4. The van der Waals surface area contributed by atoms with Gasteiger partial charge in [0.15, 0.2) is 0 Å². The van der Waals surface area contributed by atoms with Gasteiger partial charge in [0.2, 0.25) is 5.91 Å². The van der Waals surface area contributed by atoms with Crippen molar-refractivity contribution >= 4 is 17.6 Å². The molecule has 1 aromatic carbocycles. The van der Waals surface area contributed by atoms with Crippen LogP contribution in [0.3, 0.4) is 0 Å². The van der Waals surface area contributed by atoms with E-state index in [1.165, 1.54) is 5.57 Å². The van der Waals surface area contributed by atoms with Gasteiger partial charge >= 0.3 is 6.03 Å². The van der Waals surface area contributed by atoms with Crippen molar-refractivity contribution in [3.8, 4) is 0 Å². The third-order valence-electron chi connectivity index (χ3n) is 5.86. The third kappa shape index (κ3) is 4.52. The first kappa shape index (κ1) is 19.5. The number of carbonyl (C=O) groups excluding carboxylic acids is 2. The highest BCUT2D eigenvalue weighted by atomic mass is 16.2. The molecule has 2 atom stereocenters. The van der Waals surface area contributed by atoms with E-state index in [4.69, 9.17) is 0 Å². The van der Waals surface area contributed by atoms with Crippen LogP contribution in [0.25, 0.3) is 0 Å². The maximum atomic E-state index is 12.7. The van der Waals surface area contributed by atoms with Crippen molar-refractivity contribution in [1.82, 2.24) is 10.2 Å². The van der Waals surface area contributed by atoms with Gasteiger partial charge in [-0.3, -0.25) is 4.79 Å². The summed E-state index contributed by atoms with van der Waals surface area (Å²) in [7, 11) is 0. The van der Waals surface area contributed by atoms with Crippen LogP contribution < -0.4 is 10.6 Å². The summed E-state index contributed by atoms with van der Waals surface area (Å²) in [5.74, 6) is 0.556. The number of nitrogens with zero attached hydrogens (tertiary/aromatic N) is 1. The average Bonchev–Trinajstić information content (AvgIpc) is 3.15. The number of hydrogen-bond donors (Lipinski definition) is 2. The fourth-order valence-corrected chi connectivity index (χ4v) is 4.09. The number of carbonyl (C=O) groups is 2. The number of allylic oxidation sites excluding steroid dienone is 2. The molecule has 1 aliphatic carbocycles. The van der Waals surface area contributed by atoms with Gasteiger partial charge < -0.3 is 15.5 Å². The molecule has 2 fully saturated rings. The van der Waals surface area contributed by atoms with E-state index < -0.39 is 0 Å². The summed E-state index contributed by atoms with van der Waals surface area (Å²) in [5.41, 5.74) is 2.11. The van der Waals surface area contributed by atoms with Crippen molar-refractivity contribution in [3.05, 3.63) is 42.0 Å². The highest BCUT2D eigenvalue weighted by Gasteiger charge is 2.60. The second-order valence-electron chi connectivity index (χ2n) is 8.63. The summed E-state index contributed by atoms with van der Waals surface area (Å²) in [6.45, 7) is 9.82. The van der Waals surface area contributed by atoms with E-state index in [1.54, 1.807) is 0 Å². The summed E-state index contributed by atoms with van der Waals surface area (Å²) in [5, 5.41) is 6.15. The molecule has 2 N–H and O–H groups in total. The Hall–Kier alpha value is -2.30. The lowest BCUT2D eigenvalue weighted by atomic mass is 10.0. The third-order valence-corrected chi connectivity index (χ3v) is 5.86. The number of anilines is 1. The number of benzene rings is 1. The van der Waals surface area contributed by atoms with Crippen LogP contribution in [0.1, 0.15) is 40.5 Å². The molecule has 3 rings (SSSR count). The Balaban J connectivity index is 1.46. The van der Waals surface area contributed by atoms with Gasteiger partial charge in [-0.15, -0.1) is 0 Å². The van der Waals surface area contributed by atoms with Gasteiger partial charge in [0.1, 0.15) is 0 Å². The van der Waals surface area contributed by atoms with Crippen LogP contribution in [-0.4, -0.2) is 36.0 Å². The van der Waals surface area contributed by atoms with Crippen LogP contribution in [0.5, 0.6) is 0 Å². The molecule has 2 aliphatic rings. The lowest BCUT2D eigenvalue weighted by Gasteiger charge is -2.32. The van der Waals surface area contributed by atoms with Crippen molar-refractivity contribution in [2.24, 2.45) is 17.3 Å². The van der Waals surface area contributed by atoms with Gasteiger partial charge in [-0.1, -0.05) is 43.7 Å². The number of piperidine rings is 1. The zero-order valence-corrected chi connectivity index (χ0v) is 16.8. The summed E-state index contributed by atoms with van der Waals surface area (Å²) in [6, 6.07) is 9.57. The van der Waals surface area contributed by atoms with Crippen molar-refractivity contribution in [1.29, 1.82) is 0 Å². The largest absolute Gasteiger partial charge is 0.353 e.